The van der Waals surface area contributed by atoms with Gasteiger partial charge in [0.25, 0.3) is 0 Å². The lowest BCUT2D eigenvalue weighted by molar-refractivity contribution is 0.341. The Hall–Kier alpha value is -0.0400. The van der Waals surface area contributed by atoms with Crippen molar-refractivity contribution < 1.29 is 0 Å². The molecular formula is C10H21N. The Morgan fingerprint density at radius 3 is 2.45 bits per heavy atom. The van der Waals surface area contributed by atoms with Crippen LogP contribution in [0.2, 0.25) is 0 Å². The van der Waals surface area contributed by atoms with Crippen LogP contribution in [-0.2, 0) is 0 Å². The molecule has 0 aromatic rings. The summed E-state index contributed by atoms with van der Waals surface area (Å²) in [6.07, 6.45) is 6.63. The number of rotatable bonds is 1. The van der Waals surface area contributed by atoms with Crippen LogP contribution in [0.15, 0.2) is 0 Å². The van der Waals surface area contributed by atoms with Gasteiger partial charge in [-0.1, -0.05) is 26.7 Å². The average molecular weight is 155 g/mol. The van der Waals surface area contributed by atoms with Crippen LogP contribution in [-0.4, -0.2) is 6.04 Å². The van der Waals surface area contributed by atoms with Crippen molar-refractivity contribution >= 4 is 0 Å². The molecule has 0 amide bonds. The molecule has 1 heteroatoms. The first-order valence-corrected chi connectivity index (χ1v) is 4.95. The van der Waals surface area contributed by atoms with Crippen molar-refractivity contribution in [3.05, 3.63) is 0 Å². The summed E-state index contributed by atoms with van der Waals surface area (Å²) in [6, 6.07) is 0.499. The third kappa shape index (κ3) is 2.82. The Kier molecular flexibility index (Phi) is 3.38. The SMILES string of the molecule is CC(C)C1CCCC(N)CC1. The second kappa shape index (κ2) is 4.10. The quantitative estimate of drug-likeness (QED) is 0.579. The summed E-state index contributed by atoms with van der Waals surface area (Å²) < 4.78 is 0. The van der Waals surface area contributed by atoms with Gasteiger partial charge >= 0.3 is 0 Å². The lowest BCUT2D eigenvalue weighted by Crippen LogP contribution is -2.18. The van der Waals surface area contributed by atoms with Crippen molar-refractivity contribution in [3.8, 4) is 0 Å². The predicted octanol–water partition coefficient (Wildman–Crippen LogP) is 2.55. The highest BCUT2D eigenvalue weighted by Gasteiger charge is 2.18. The van der Waals surface area contributed by atoms with E-state index in [1.807, 2.05) is 0 Å². The fraction of sp³-hybridized carbons (Fsp3) is 1.00. The van der Waals surface area contributed by atoms with Crippen LogP contribution in [0.4, 0.5) is 0 Å². The van der Waals surface area contributed by atoms with E-state index in [1.54, 1.807) is 0 Å². The van der Waals surface area contributed by atoms with E-state index >= 15 is 0 Å². The molecule has 1 rings (SSSR count). The zero-order chi connectivity index (χ0) is 8.27. The lowest BCUT2D eigenvalue weighted by atomic mass is 9.89. The van der Waals surface area contributed by atoms with Crippen molar-refractivity contribution in [2.45, 2.75) is 52.0 Å². The van der Waals surface area contributed by atoms with E-state index in [-0.39, 0.29) is 0 Å². The standard InChI is InChI=1S/C10H21N/c1-8(2)9-4-3-5-10(11)7-6-9/h8-10H,3-7,11H2,1-2H3. The molecule has 1 nitrogen and oxygen atoms in total. The molecule has 0 aromatic carbocycles. The second-order valence-electron chi connectivity index (χ2n) is 4.27. The highest BCUT2D eigenvalue weighted by atomic mass is 14.6. The second-order valence-corrected chi connectivity index (χ2v) is 4.27. The van der Waals surface area contributed by atoms with E-state index in [0.717, 1.165) is 11.8 Å². The molecule has 11 heavy (non-hydrogen) atoms. The van der Waals surface area contributed by atoms with Gasteiger partial charge in [-0.3, -0.25) is 0 Å². The summed E-state index contributed by atoms with van der Waals surface area (Å²) in [5.41, 5.74) is 5.90. The molecule has 0 bridgehead atoms. The average Bonchev–Trinajstić information content (AvgIpc) is 2.13. The van der Waals surface area contributed by atoms with E-state index in [9.17, 15) is 0 Å². The van der Waals surface area contributed by atoms with Crippen LogP contribution >= 0.6 is 0 Å². The molecule has 66 valence electrons. The number of nitrogens with two attached hydrogens (primary N) is 1. The monoisotopic (exact) mass is 155 g/mol. The third-order valence-electron chi connectivity index (χ3n) is 3.00. The Balaban J connectivity index is 2.34. The minimum Gasteiger partial charge on any atom is -0.328 e. The van der Waals surface area contributed by atoms with Crippen LogP contribution in [0.3, 0.4) is 0 Å². The zero-order valence-corrected chi connectivity index (χ0v) is 7.84. The van der Waals surface area contributed by atoms with Gasteiger partial charge in [-0.2, -0.15) is 0 Å². The van der Waals surface area contributed by atoms with Gasteiger partial charge in [0.05, 0.1) is 0 Å². The van der Waals surface area contributed by atoms with Crippen molar-refractivity contribution in [1.29, 1.82) is 0 Å². The maximum atomic E-state index is 5.90. The van der Waals surface area contributed by atoms with Gasteiger partial charge < -0.3 is 5.73 Å². The van der Waals surface area contributed by atoms with Gasteiger partial charge in [0.15, 0.2) is 0 Å². The molecule has 0 aromatic heterocycles. The molecule has 0 heterocycles. The first-order chi connectivity index (χ1) is 5.20. The minimum absolute atomic E-state index is 0.499. The summed E-state index contributed by atoms with van der Waals surface area (Å²) in [6.45, 7) is 4.67. The molecule has 2 atom stereocenters. The van der Waals surface area contributed by atoms with E-state index < -0.39 is 0 Å². The molecule has 0 spiro atoms. The van der Waals surface area contributed by atoms with Crippen LogP contribution in [0.5, 0.6) is 0 Å². The molecule has 1 aliphatic rings. The summed E-state index contributed by atoms with van der Waals surface area (Å²) in [7, 11) is 0. The topological polar surface area (TPSA) is 26.0 Å². The molecule has 2 N–H and O–H groups in total. The van der Waals surface area contributed by atoms with Crippen LogP contribution in [0.1, 0.15) is 46.0 Å². The first-order valence-electron chi connectivity index (χ1n) is 4.95. The van der Waals surface area contributed by atoms with Gasteiger partial charge in [0.2, 0.25) is 0 Å². The fourth-order valence-electron chi connectivity index (χ4n) is 2.03. The number of hydrogen-bond acceptors (Lipinski definition) is 1. The number of hydrogen-bond donors (Lipinski definition) is 1. The minimum atomic E-state index is 0.499. The van der Waals surface area contributed by atoms with Crippen molar-refractivity contribution in [3.63, 3.8) is 0 Å². The maximum absolute atomic E-state index is 5.90. The smallest absolute Gasteiger partial charge is 0.00389 e. The predicted molar refractivity (Wildman–Crippen MR) is 49.4 cm³/mol. The van der Waals surface area contributed by atoms with Gasteiger partial charge in [0, 0.05) is 6.04 Å². The fourth-order valence-corrected chi connectivity index (χ4v) is 2.03. The maximum Gasteiger partial charge on any atom is 0.00389 e. The lowest BCUT2D eigenvalue weighted by Gasteiger charge is -2.17. The molecule has 0 aliphatic heterocycles. The summed E-state index contributed by atoms with van der Waals surface area (Å²) >= 11 is 0. The van der Waals surface area contributed by atoms with E-state index in [1.165, 1.54) is 32.1 Å². The highest BCUT2D eigenvalue weighted by molar-refractivity contribution is 4.73. The normalized spacial score (nSPS) is 33.8. The van der Waals surface area contributed by atoms with Gasteiger partial charge in [-0.05, 0) is 31.1 Å². The molecular weight excluding hydrogens is 134 g/mol. The Labute approximate surface area is 70.4 Å². The molecule has 0 radical (unpaired) electrons. The largest absolute Gasteiger partial charge is 0.328 e. The molecule has 1 aliphatic carbocycles. The van der Waals surface area contributed by atoms with Crippen LogP contribution in [0.25, 0.3) is 0 Å². The molecule has 1 saturated carbocycles. The first kappa shape index (κ1) is 9.05. The summed E-state index contributed by atoms with van der Waals surface area (Å²) in [5, 5.41) is 0. The van der Waals surface area contributed by atoms with Crippen molar-refractivity contribution in [1.82, 2.24) is 0 Å². The highest BCUT2D eigenvalue weighted by Crippen LogP contribution is 2.27. The third-order valence-corrected chi connectivity index (χ3v) is 3.00. The van der Waals surface area contributed by atoms with Crippen LogP contribution < -0.4 is 5.73 Å². The van der Waals surface area contributed by atoms with Gasteiger partial charge in [-0.15, -0.1) is 0 Å². The Morgan fingerprint density at radius 1 is 1.09 bits per heavy atom. The molecule has 2 unspecified atom stereocenters. The Bertz CT molecular complexity index is 109. The molecule has 1 fully saturated rings. The van der Waals surface area contributed by atoms with E-state index in [0.29, 0.717) is 6.04 Å². The zero-order valence-electron chi connectivity index (χ0n) is 7.84. The summed E-state index contributed by atoms with van der Waals surface area (Å²) in [4.78, 5) is 0. The van der Waals surface area contributed by atoms with Crippen molar-refractivity contribution in [2.24, 2.45) is 17.6 Å². The van der Waals surface area contributed by atoms with Crippen molar-refractivity contribution in [2.75, 3.05) is 0 Å². The summed E-state index contributed by atoms with van der Waals surface area (Å²) in [5.74, 6) is 1.81. The van der Waals surface area contributed by atoms with Crippen LogP contribution in [0, 0.1) is 11.8 Å². The van der Waals surface area contributed by atoms with E-state index in [2.05, 4.69) is 13.8 Å². The van der Waals surface area contributed by atoms with Gasteiger partial charge in [0.1, 0.15) is 0 Å². The Morgan fingerprint density at radius 2 is 1.82 bits per heavy atom. The molecule has 0 saturated heterocycles. The van der Waals surface area contributed by atoms with E-state index in [4.69, 9.17) is 5.73 Å². The van der Waals surface area contributed by atoms with Gasteiger partial charge in [-0.25, -0.2) is 0 Å².